The van der Waals surface area contributed by atoms with Gasteiger partial charge in [-0.3, -0.25) is 4.79 Å². The molecule has 1 aromatic heterocycles. The lowest BCUT2D eigenvalue weighted by atomic mass is 10.1. The first kappa shape index (κ1) is 22.3. The Kier molecular flexibility index (Phi) is 7.14. The Bertz CT molecular complexity index is 1020. The molecule has 1 N–H and O–H groups in total. The van der Waals surface area contributed by atoms with E-state index < -0.39 is 15.8 Å². The van der Waals surface area contributed by atoms with Crippen molar-refractivity contribution in [3.63, 3.8) is 0 Å². The topological polar surface area (TPSA) is 98.8 Å². The maximum Gasteiger partial charge on any atom is 0.341 e. The van der Waals surface area contributed by atoms with Gasteiger partial charge in [0.15, 0.2) is 9.84 Å². The summed E-state index contributed by atoms with van der Waals surface area (Å²) in [6.07, 6.45) is 1.02. The summed E-state index contributed by atoms with van der Waals surface area (Å²) in [6, 6.07) is 7.56. The molecule has 1 aliphatic rings. The van der Waals surface area contributed by atoms with Crippen molar-refractivity contribution < 1.29 is 27.5 Å². The molecule has 1 aromatic carbocycles. The molecule has 0 bridgehead atoms. The Morgan fingerprint density at radius 2 is 1.87 bits per heavy atom. The van der Waals surface area contributed by atoms with E-state index in [0.717, 1.165) is 22.6 Å². The third kappa shape index (κ3) is 5.40. The summed E-state index contributed by atoms with van der Waals surface area (Å²) in [6.45, 7) is 4.42. The zero-order chi connectivity index (χ0) is 21.7. The number of anilines is 1. The summed E-state index contributed by atoms with van der Waals surface area (Å²) in [4.78, 5) is 25.6. The minimum Gasteiger partial charge on any atom is -0.494 e. The number of nitrogens with one attached hydrogen (secondary N) is 1. The number of benzene rings is 1. The summed E-state index contributed by atoms with van der Waals surface area (Å²) in [5, 5.41) is 3.16. The van der Waals surface area contributed by atoms with Crippen molar-refractivity contribution in [1.29, 1.82) is 0 Å². The van der Waals surface area contributed by atoms with Gasteiger partial charge in [-0.15, -0.1) is 11.3 Å². The van der Waals surface area contributed by atoms with Crippen LogP contribution in [0.25, 0.3) is 0 Å². The largest absolute Gasteiger partial charge is 0.494 e. The van der Waals surface area contributed by atoms with Gasteiger partial charge in [0.05, 0.1) is 30.3 Å². The van der Waals surface area contributed by atoms with Gasteiger partial charge in [0, 0.05) is 11.3 Å². The molecule has 0 fully saturated rings. The van der Waals surface area contributed by atoms with Crippen LogP contribution in [0.2, 0.25) is 0 Å². The number of rotatable bonds is 8. The maximum atomic E-state index is 12.5. The lowest BCUT2D eigenvalue weighted by molar-refractivity contribution is -0.116. The van der Waals surface area contributed by atoms with Gasteiger partial charge in [-0.1, -0.05) is 12.1 Å². The number of esters is 1. The van der Waals surface area contributed by atoms with E-state index in [1.165, 1.54) is 0 Å². The summed E-state index contributed by atoms with van der Waals surface area (Å²) < 4.78 is 34.5. The number of sulfone groups is 1. The molecule has 0 saturated carbocycles. The maximum absolute atomic E-state index is 12.5. The highest BCUT2D eigenvalue weighted by Crippen LogP contribution is 2.38. The molecule has 30 heavy (non-hydrogen) atoms. The van der Waals surface area contributed by atoms with E-state index >= 15 is 0 Å². The molecular weight excluding hydrogens is 426 g/mol. The number of aryl methyl sites for hydroxylation is 1. The van der Waals surface area contributed by atoms with Crippen LogP contribution in [0.1, 0.15) is 46.6 Å². The summed E-state index contributed by atoms with van der Waals surface area (Å²) in [5.41, 5.74) is 1.96. The Morgan fingerprint density at radius 3 is 2.53 bits per heavy atom. The van der Waals surface area contributed by atoms with Crippen LogP contribution in [0.5, 0.6) is 5.75 Å². The van der Waals surface area contributed by atoms with Crippen LogP contribution in [0.4, 0.5) is 5.00 Å². The number of hydrogen-bond donors (Lipinski definition) is 1. The van der Waals surface area contributed by atoms with Crippen molar-refractivity contribution in [3.05, 3.63) is 45.8 Å². The first-order valence-corrected chi connectivity index (χ1v) is 12.5. The van der Waals surface area contributed by atoms with Crippen molar-refractivity contribution >= 4 is 38.1 Å². The highest BCUT2D eigenvalue weighted by molar-refractivity contribution is 7.90. The lowest BCUT2D eigenvalue weighted by Gasteiger charge is -2.13. The van der Waals surface area contributed by atoms with Crippen molar-refractivity contribution in [1.82, 2.24) is 0 Å². The number of ether oxygens (including phenoxy) is 2. The molecule has 1 aliphatic heterocycles. The van der Waals surface area contributed by atoms with Gasteiger partial charge >= 0.3 is 5.97 Å². The van der Waals surface area contributed by atoms with Crippen molar-refractivity contribution in [3.8, 4) is 5.75 Å². The quantitative estimate of drug-likeness (QED) is 0.618. The summed E-state index contributed by atoms with van der Waals surface area (Å²) in [5.74, 6) is -0.105. The number of carbonyl (C=O) groups is 2. The zero-order valence-electron chi connectivity index (χ0n) is 17.0. The van der Waals surface area contributed by atoms with Gasteiger partial charge in [0.2, 0.25) is 5.91 Å². The fourth-order valence-electron chi connectivity index (χ4n) is 3.30. The molecule has 162 valence electrons. The third-order valence-corrected chi connectivity index (χ3v) is 7.60. The number of amides is 1. The molecule has 2 aromatic rings. The lowest BCUT2D eigenvalue weighted by Crippen LogP contribution is -2.20. The van der Waals surface area contributed by atoms with Crippen molar-refractivity contribution in [2.24, 2.45) is 0 Å². The van der Waals surface area contributed by atoms with E-state index in [0.29, 0.717) is 34.0 Å². The van der Waals surface area contributed by atoms with Crippen molar-refractivity contribution in [2.75, 3.05) is 24.3 Å². The number of hydrogen-bond acceptors (Lipinski definition) is 7. The molecule has 0 saturated heterocycles. The minimum atomic E-state index is -3.18. The first-order chi connectivity index (χ1) is 14.3. The molecule has 0 atom stereocenters. The fourth-order valence-corrected chi connectivity index (χ4v) is 6.35. The Morgan fingerprint density at radius 1 is 1.13 bits per heavy atom. The van der Waals surface area contributed by atoms with Gasteiger partial charge in [0.1, 0.15) is 10.8 Å². The predicted molar refractivity (Wildman–Crippen MR) is 116 cm³/mol. The molecule has 0 spiro atoms. The standard InChI is InChI=1S/C21H25NO6S2/c1-3-27-15-8-5-14(6-9-15)7-10-18(23)22-20-19(21(24)28-4-2)16-11-12-30(25,26)13-17(16)29-20/h5-6,8-9H,3-4,7,10-13H2,1-2H3,(H,22,23). The molecular formula is C21H25NO6S2. The zero-order valence-corrected chi connectivity index (χ0v) is 18.7. The van der Waals surface area contributed by atoms with Crippen LogP contribution in [0.3, 0.4) is 0 Å². The van der Waals surface area contributed by atoms with Gasteiger partial charge in [-0.2, -0.15) is 0 Å². The second-order valence-electron chi connectivity index (χ2n) is 6.90. The Hall–Kier alpha value is -2.39. The second kappa shape index (κ2) is 9.61. The van der Waals surface area contributed by atoms with Crippen LogP contribution in [-0.4, -0.2) is 39.3 Å². The second-order valence-corrected chi connectivity index (χ2v) is 10.2. The molecule has 1 amide bonds. The normalized spacial score (nSPS) is 14.6. The Labute approximate surface area is 180 Å². The van der Waals surface area contributed by atoms with E-state index in [2.05, 4.69) is 5.32 Å². The highest BCUT2D eigenvalue weighted by Gasteiger charge is 2.31. The smallest absolute Gasteiger partial charge is 0.341 e. The van der Waals surface area contributed by atoms with Gasteiger partial charge in [-0.25, -0.2) is 13.2 Å². The van der Waals surface area contributed by atoms with Gasteiger partial charge in [0.25, 0.3) is 0 Å². The van der Waals surface area contributed by atoms with E-state index in [9.17, 15) is 18.0 Å². The monoisotopic (exact) mass is 451 g/mol. The van der Waals surface area contributed by atoms with Crippen LogP contribution >= 0.6 is 11.3 Å². The molecule has 3 rings (SSSR count). The van der Waals surface area contributed by atoms with E-state index in [-0.39, 0.29) is 36.9 Å². The van der Waals surface area contributed by atoms with Crippen LogP contribution in [-0.2, 0) is 38.0 Å². The third-order valence-electron chi connectivity index (χ3n) is 4.71. The average molecular weight is 452 g/mol. The van der Waals surface area contributed by atoms with Crippen LogP contribution < -0.4 is 10.1 Å². The SMILES string of the molecule is CCOC(=O)c1c(NC(=O)CCc2ccc(OCC)cc2)sc2c1CCS(=O)(=O)C2. The van der Waals surface area contributed by atoms with E-state index in [1.807, 2.05) is 31.2 Å². The molecule has 9 heteroatoms. The number of fused-ring (bicyclic) bond motifs is 1. The Balaban J connectivity index is 1.72. The van der Waals surface area contributed by atoms with E-state index in [1.54, 1.807) is 6.92 Å². The first-order valence-electron chi connectivity index (χ1n) is 9.86. The molecule has 0 radical (unpaired) electrons. The summed E-state index contributed by atoms with van der Waals surface area (Å²) in [7, 11) is -3.18. The molecule has 2 heterocycles. The summed E-state index contributed by atoms with van der Waals surface area (Å²) >= 11 is 1.15. The van der Waals surface area contributed by atoms with E-state index in [4.69, 9.17) is 9.47 Å². The molecule has 7 nitrogen and oxygen atoms in total. The average Bonchev–Trinajstić information content (AvgIpc) is 3.03. The number of carbonyl (C=O) groups excluding carboxylic acids is 2. The van der Waals surface area contributed by atoms with Crippen LogP contribution in [0, 0.1) is 0 Å². The van der Waals surface area contributed by atoms with Crippen LogP contribution in [0.15, 0.2) is 24.3 Å². The highest BCUT2D eigenvalue weighted by atomic mass is 32.2. The van der Waals surface area contributed by atoms with Gasteiger partial charge < -0.3 is 14.8 Å². The van der Waals surface area contributed by atoms with Crippen molar-refractivity contribution in [2.45, 2.75) is 38.9 Å². The fraction of sp³-hybridized carbons (Fsp3) is 0.429. The minimum absolute atomic E-state index is 0.00569. The molecule has 0 unspecified atom stereocenters. The number of thiophene rings is 1. The predicted octanol–water partition coefficient (Wildman–Crippen LogP) is 3.37. The molecule has 0 aliphatic carbocycles. The van der Waals surface area contributed by atoms with Gasteiger partial charge in [-0.05, 0) is 49.9 Å².